The average molecular weight is 698 g/mol. The summed E-state index contributed by atoms with van der Waals surface area (Å²) in [5, 5.41) is 24.2. The number of fused-ring (bicyclic) bond motifs is 1. The van der Waals surface area contributed by atoms with E-state index < -0.39 is 22.5 Å². The molecule has 7 saturated carbocycles. The van der Waals surface area contributed by atoms with Gasteiger partial charge in [0.05, 0.1) is 32.0 Å². The van der Waals surface area contributed by atoms with Gasteiger partial charge in [0.25, 0.3) is 0 Å². The normalized spacial score (nSPS) is 46.9. The number of ether oxygens (including phenoxy) is 2. The Kier molecular flexibility index (Phi) is 7.65. The molecule has 10 aliphatic carbocycles. The number of hydrogen-bond acceptors (Lipinski definition) is 6. The molecule has 51 heavy (non-hydrogen) atoms. The second-order valence-corrected chi connectivity index (χ2v) is 19.3. The van der Waals surface area contributed by atoms with E-state index in [-0.39, 0.29) is 46.5 Å². The first-order chi connectivity index (χ1) is 24.3. The zero-order valence-electron chi connectivity index (χ0n) is 31.3. The van der Waals surface area contributed by atoms with Crippen LogP contribution in [0.25, 0.3) is 0 Å². The lowest BCUT2D eigenvalue weighted by molar-refractivity contribution is -0.177. The quantitative estimate of drug-likeness (QED) is 0.210. The van der Waals surface area contributed by atoms with Gasteiger partial charge >= 0.3 is 6.09 Å². The molecule has 7 nitrogen and oxygen atoms in total. The maximum absolute atomic E-state index is 14.9. The van der Waals surface area contributed by atoms with Crippen molar-refractivity contribution in [3.63, 3.8) is 0 Å². The lowest BCUT2D eigenvalue weighted by Crippen LogP contribution is -2.67. The number of allylic oxidation sites excluding steroid dienone is 4. The molecule has 0 radical (unpaired) electrons. The van der Waals surface area contributed by atoms with Gasteiger partial charge in [-0.3, -0.25) is 4.79 Å². The van der Waals surface area contributed by atoms with Crippen LogP contribution in [0.3, 0.4) is 0 Å². The molecule has 11 rings (SSSR count). The minimum Gasteiger partial charge on any atom is -0.497 e. The summed E-state index contributed by atoms with van der Waals surface area (Å²) in [4.78, 5) is 30.7. The summed E-state index contributed by atoms with van der Waals surface area (Å²) in [7, 11) is 1.64. The number of amides is 1. The Balaban J connectivity index is 1.09. The number of nitrogens with zero attached hydrogens (tertiary/aromatic N) is 1. The second-order valence-electron chi connectivity index (χ2n) is 19.3. The van der Waals surface area contributed by atoms with E-state index >= 15 is 0 Å². The lowest BCUT2D eigenvalue weighted by Gasteiger charge is -2.71. The van der Waals surface area contributed by atoms with Crippen LogP contribution in [-0.4, -0.2) is 65.5 Å². The van der Waals surface area contributed by atoms with Crippen LogP contribution in [0.15, 0.2) is 48.1 Å². The molecular weight excluding hydrogens is 638 g/mol. The van der Waals surface area contributed by atoms with Gasteiger partial charge in [0, 0.05) is 33.9 Å². The number of carbonyl (C=O) groups excluding carboxylic acids is 2. The van der Waals surface area contributed by atoms with Crippen molar-refractivity contribution in [2.75, 3.05) is 26.8 Å². The summed E-state index contributed by atoms with van der Waals surface area (Å²) < 4.78 is 11.2. The second kappa shape index (κ2) is 11.4. The van der Waals surface area contributed by atoms with Crippen molar-refractivity contribution in [3.8, 4) is 5.75 Å². The Bertz CT molecular complexity index is 1630. The molecule has 8 atom stereocenters. The van der Waals surface area contributed by atoms with Gasteiger partial charge in [-0.1, -0.05) is 32.1 Å². The van der Waals surface area contributed by atoms with Crippen molar-refractivity contribution in [2.45, 2.75) is 116 Å². The number of methoxy groups -OCH3 is 1. The van der Waals surface area contributed by atoms with Gasteiger partial charge in [-0.25, -0.2) is 4.79 Å². The van der Waals surface area contributed by atoms with E-state index in [1.165, 1.54) is 38.5 Å². The van der Waals surface area contributed by atoms with Crippen LogP contribution in [0, 0.1) is 56.7 Å². The van der Waals surface area contributed by atoms with E-state index in [0.717, 1.165) is 55.4 Å². The van der Waals surface area contributed by atoms with E-state index in [9.17, 15) is 19.8 Å². The molecule has 6 bridgehead atoms. The third-order valence-electron chi connectivity index (χ3n) is 17.0. The van der Waals surface area contributed by atoms with Gasteiger partial charge in [0.15, 0.2) is 5.78 Å². The largest absolute Gasteiger partial charge is 0.497 e. The van der Waals surface area contributed by atoms with Gasteiger partial charge in [-0.2, -0.15) is 0 Å². The molecule has 7 fully saturated rings. The number of ketones is 1. The molecule has 2 N–H and O–H groups in total. The summed E-state index contributed by atoms with van der Waals surface area (Å²) in [5.74, 6) is 3.34. The number of benzene rings is 1. The summed E-state index contributed by atoms with van der Waals surface area (Å²) >= 11 is 0. The highest BCUT2D eigenvalue weighted by Crippen LogP contribution is 2.78. The summed E-state index contributed by atoms with van der Waals surface area (Å²) in [5.41, 5.74) is -1.00. The zero-order chi connectivity index (χ0) is 35.6. The predicted molar refractivity (Wildman–Crippen MR) is 195 cm³/mol. The molecule has 1 unspecified atom stereocenters. The number of rotatable bonds is 8. The number of Topliss-reactive ketones (excluding diaryl/α,β-unsaturated/α-hetero) is 1. The first-order valence-corrected chi connectivity index (χ1v) is 20.3. The van der Waals surface area contributed by atoms with Crippen LogP contribution in [0.2, 0.25) is 0 Å². The standard InChI is InChI=1S/C44H59NO6/c1-5-51-38(48)45(26-41-21-28-18-29(22-41)20-30(19-28)23-41)27-43(49)15-12-36-40(43,3)14-11-35-39(2)13-10-32(46)24-42(39)16-17-44(35,36)34(25-42)37(47)31-6-8-33(50-4)9-7-31/h6-9,16-17,25,28-30,32,35-36,46,49H,5,10-15,18-24,26-27H2,1-4H3/t28?,29?,30?,32?,35-,36-,39-,40+,41?,42+,43-,44-/m1/s1. The smallest absolute Gasteiger partial charge is 0.409 e. The Labute approximate surface area is 304 Å². The highest BCUT2D eigenvalue weighted by Gasteiger charge is 2.74. The fourth-order valence-electron chi connectivity index (χ4n) is 15.1. The fraction of sp³-hybridized carbons (Fsp3) is 0.727. The van der Waals surface area contributed by atoms with Crippen molar-refractivity contribution in [1.29, 1.82) is 0 Å². The van der Waals surface area contributed by atoms with Crippen molar-refractivity contribution >= 4 is 11.9 Å². The van der Waals surface area contributed by atoms with Gasteiger partial charge in [-0.15, -0.1) is 0 Å². The maximum Gasteiger partial charge on any atom is 0.409 e. The number of carbonyl (C=O) groups is 2. The van der Waals surface area contributed by atoms with Crippen LogP contribution in [0.5, 0.6) is 5.75 Å². The Hall–Kier alpha value is -2.64. The maximum atomic E-state index is 14.9. The van der Waals surface area contributed by atoms with Crippen molar-refractivity contribution in [2.24, 2.45) is 56.7 Å². The molecule has 7 heteroatoms. The van der Waals surface area contributed by atoms with Crippen molar-refractivity contribution in [3.05, 3.63) is 53.6 Å². The van der Waals surface area contributed by atoms with Gasteiger partial charge in [-0.05, 0) is 155 Å². The first kappa shape index (κ1) is 34.1. The molecular formula is C44H59NO6. The van der Waals surface area contributed by atoms with E-state index in [1.807, 2.05) is 36.1 Å². The van der Waals surface area contributed by atoms with Crippen molar-refractivity contribution in [1.82, 2.24) is 4.90 Å². The molecule has 10 aliphatic rings. The molecule has 0 saturated heterocycles. The minimum atomic E-state index is -1.11. The predicted octanol–water partition coefficient (Wildman–Crippen LogP) is 8.14. The van der Waals surface area contributed by atoms with Gasteiger partial charge in [0.1, 0.15) is 5.75 Å². The average Bonchev–Trinajstić information content (AvgIpc) is 3.37. The molecule has 1 amide bonds. The Morgan fingerprint density at radius 1 is 0.843 bits per heavy atom. The molecule has 2 spiro atoms. The summed E-state index contributed by atoms with van der Waals surface area (Å²) in [6.45, 7) is 7.85. The van der Waals surface area contributed by atoms with Crippen LogP contribution >= 0.6 is 0 Å². The molecule has 1 aromatic carbocycles. The van der Waals surface area contributed by atoms with Crippen LogP contribution in [-0.2, 0) is 4.74 Å². The van der Waals surface area contributed by atoms with E-state index in [2.05, 4.69) is 32.1 Å². The zero-order valence-corrected chi connectivity index (χ0v) is 31.3. The number of hydrogen-bond donors (Lipinski definition) is 2. The Morgan fingerprint density at radius 2 is 1.47 bits per heavy atom. The number of aliphatic hydroxyl groups is 2. The summed E-state index contributed by atoms with van der Waals surface area (Å²) in [6, 6.07) is 7.47. The van der Waals surface area contributed by atoms with Crippen molar-refractivity contribution < 1.29 is 29.3 Å². The third kappa shape index (κ3) is 4.68. The van der Waals surface area contributed by atoms with E-state index in [0.29, 0.717) is 37.3 Å². The molecule has 0 aliphatic heterocycles. The first-order valence-electron chi connectivity index (χ1n) is 20.3. The van der Waals surface area contributed by atoms with Gasteiger partial charge in [0.2, 0.25) is 0 Å². The fourth-order valence-corrected chi connectivity index (χ4v) is 15.1. The summed E-state index contributed by atoms with van der Waals surface area (Å²) in [6.07, 6.45) is 19.4. The monoisotopic (exact) mass is 697 g/mol. The molecule has 0 heterocycles. The molecule has 276 valence electrons. The highest BCUT2D eigenvalue weighted by atomic mass is 16.6. The topological polar surface area (TPSA) is 96.3 Å². The molecule has 0 aromatic heterocycles. The highest BCUT2D eigenvalue weighted by molar-refractivity contribution is 6.10. The van der Waals surface area contributed by atoms with Crippen LogP contribution in [0.4, 0.5) is 4.79 Å². The lowest BCUT2D eigenvalue weighted by atomic mass is 9.32. The van der Waals surface area contributed by atoms with E-state index in [4.69, 9.17) is 9.47 Å². The van der Waals surface area contributed by atoms with Crippen LogP contribution in [0.1, 0.15) is 115 Å². The van der Waals surface area contributed by atoms with Crippen LogP contribution < -0.4 is 4.74 Å². The molecule has 1 aromatic rings. The van der Waals surface area contributed by atoms with E-state index in [1.54, 1.807) is 7.11 Å². The Morgan fingerprint density at radius 3 is 2.12 bits per heavy atom. The third-order valence-corrected chi connectivity index (χ3v) is 17.0. The van der Waals surface area contributed by atoms with Gasteiger partial charge < -0.3 is 24.6 Å². The number of aliphatic hydroxyl groups excluding tert-OH is 1. The minimum absolute atomic E-state index is 0.0315. The SMILES string of the molecule is CCOC(=O)N(CC12CC3CC(CC(C3)C1)C2)C[C@]1(O)CC[C@H]2[C@]34C=C[C@@]5(C=C3C(=O)c3ccc(OC)cc3)CC(O)CC[C@]5(C)[C@H]4CC[C@@]21C.